The van der Waals surface area contributed by atoms with Crippen LogP contribution in [0.25, 0.3) is 77.0 Å². The first-order chi connectivity index (χ1) is 19.3. The van der Waals surface area contributed by atoms with Crippen molar-refractivity contribution in [3.8, 4) is 0 Å². The van der Waals surface area contributed by atoms with E-state index in [0.29, 0.717) is 32.8 Å². The molecule has 4 aromatic heterocycles. The highest BCUT2D eigenvalue weighted by molar-refractivity contribution is 6.38. The molecule has 4 N–H and O–H groups in total. The van der Waals surface area contributed by atoms with E-state index in [2.05, 4.69) is 29.9 Å². The Morgan fingerprint density at radius 2 is 0.800 bits per heavy atom. The number of nitrogens with two attached hydrogens (primary N) is 2. The molecule has 0 radical (unpaired) electrons. The summed E-state index contributed by atoms with van der Waals surface area (Å²) < 4.78 is 0. The SMILES string of the molecule is Nc1nc2nc3c4cccc5c6nc7nc([N+](=O)[O-])c([N+](=O)[O-])nc7nc6c6cccc(c3nc2nc1N)c6c45. The van der Waals surface area contributed by atoms with Crippen LogP contribution in [0.15, 0.2) is 36.4 Å². The molecule has 4 heterocycles. The summed E-state index contributed by atoms with van der Waals surface area (Å²) in [5, 5.41) is 27.4. The Morgan fingerprint density at radius 1 is 0.500 bits per heavy atom. The fourth-order valence-corrected chi connectivity index (χ4v) is 5.21. The largest absolute Gasteiger partial charge is 0.465 e. The zero-order chi connectivity index (χ0) is 27.4. The number of anilines is 2. The van der Waals surface area contributed by atoms with Crippen LogP contribution in [0.5, 0.6) is 0 Å². The topological polar surface area (TPSA) is 241 Å². The Labute approximate surface area is 218 Å². The third-order valence-electron chi connectivity index (χ3n) is 6.80. The number of nitrogen functional groups attached to an aromatic ring is 2. The number of aromatic nitrogens is 8. The molecule has 0 aliphatic rings. The molecule has 16 heteroatoms. The second-order valence-corrected chi connectivity index (χ2v) is 8.97. The number of hydrogen-bond acceptors (Lipinski definition) is 14. The van der Waals surface area contributed by atoms with Gasteiger partial charge < -0.3 is 31.7 Å². The van der Waals surface area contributed by atoms with Crippen LogP contribution in [-0.2, 0) is 0 Å². The van der Waals surface area contributed by atoms with Gasteiger partial charge in [0.2, 0.25) is 11.3 Å². The molecule has 0 bridgehead atoms. The Kier molecular flexibility index (Phi) is 3.89. The van der Waals surface area contributed by atoms with Crippen LogP contribution >= 0.6 is 0 Å². The van der Waals surface area contributed by atoms with Gasteiger partial charge in [-0.3, -0.25) is 0 Å². The van der Waals surface area contributed by atoms with E-state index in [1.54, 1.807) is 0 Å². The molecular weight excluding hydrogens is 520 g/mol. The standard InChI is InChI=1S/C24H10N12O4/c25-17-18(26)32-20-19(31-17)27-13-7-3-1-5-9-11(7)12-8(14(13)28-20)4-2-6-10(12)16-15(9)29-21-22(30-16)34-24(36(39)40)23(33-21)35(37)38/h1-6H,(H2,25,27,31)(H2,26,28,32). The summed E-state index contributed by atoms with van der Waals surface area (Å²) in [5.41, 5.74) is 13.7. The normalized spacial score (nSPS) is 12.1. The van der Waals surface area contributed by atoms with Crippen LogP contribution in [0.3, 0.4) is 0 Å². The van der Waals surface area contributed by atoms with Crippen molar-refractivity contribution in [2.24, 2.45) is 0 Å². The fourth-order valence-electron chi connectivity index (χ4n) is 5.21. The molecule has 8 rings (SSSR count). The van der Waals surface area contributed by atoms with Crippen molar-refractivity contribution < 1.29 is 9.85 Å². The molecule has 190 valence electrons. The molecule has 40 heavy (non-hydrogen) atoms. The van der Waals surface area contributed by atoms with Gasteiger partial charge >= 0.3 is 22.9 Å². The van der Waals surface area contributed by atoms with Gasteiger partial charge in [-0.25, -0.2) is 19.9 Å². The van der Waals surface area contributed by atoms with Gasteiger partial charge in [0.15, 0.2) is 11.6 Å². The van der Waals surface area contributed by atoms with Gasteiger partial charge in [-0.05, 0) is 19.8 Å². The Bertz CT molecular complexity index is 2310. The van der Waals surface area contributed by atoms with E-state index in [1.165, 1.54) is 0 Å². The minimum Gasteiger partial charge on any atom is -0.381 e. The lowest BCUT2D eigenvalue weighted by molar-refractivity contribution is -0.428. The quantitative estimate of drug-likeness (QED) is 0.141. The molecule has 0 amide bonds. The summed E-state index contributed by atoms with van der Waals surface area (Å²) in [6.07, 6.45) is 0. The number of benzene rings is 4. The maximum Gasteiger partial charge on any atom is 0.465 e. The van der Waals surface area contributed by atoms with Gasteiger partial charge in [0.1, 0.15) is 11.0 Å². The fraction of sp³-hybridized carbons (Fsp3) is 0. The van der Waals surface area contributed by atoms with E-state index < -0.39 is 21.5 Å². The zero-order valence-corrected chi connectivity index (χ0v) is 19.7. The molecule has 0 aliphatic heterocycles. The van der Waals surface area contributed by atoms with E-state index in [9.17, 15) is 20.2 Å². The van der Waals surface area contributed by atoms with E-state index in [1.807, 2.05) is 36.4 Å². The van der Waals surface area contributed by atoms with Gasteiger partial charge in [-0.15, -0.1) is 0 Å². The molecular formula is C24H10N12O4. The molecule has 0 saturated carbocycles. The first-order valence-electron chi connectivity index (χ1n) is 11.6. The van der Waals surface area contributed by atoms with Crippen molar-refractivity contribution in [2.75, 3.05) is 11.5 Å². The lowest BCUT2D eigenvalue weighted by Crippen LogP contribution is -2.05. The molecule has 16 nitrogen and oxygen atoms in total. The Morgan fingerprint density at radius 3 is 1.10 bits per heavy atom. The van der Waals surface area contributed by atoms with Gasteiger partial charge in [-0.1, -0.05) is 36.4 Å². The van der Waals surface area contributed by atoms with Crippen LogP contribution in [-0.4, -0.2) is 49.7 Å². The summed E-state index contributed by atoms with van der Waals surface area (Å²) >= 11 is 0. The van der Waals surface area contributed by atoms with Gasteiger partial charge in [-0.2, -0.15) is 9.97 Å². The molecule has 4 aromatic carbocycles. The lowest BCUT2D eigenvalue weighted by Gasteiger charge is -2.15. The predicted molar refractivity (Wildman–Crippen MR) is 145 cm³/mol. The van der Waals surface area contributed by atoms with Crippen molar-refractivity contribution in [3.05, 3.63) is 56.6 Å². The van der Waals surface area contributed by atoms with Gasteiger partial charge in [0, 0.05) is 32.3 Å². The van der Waals surface area contributed by atoms with Crippen molar-refractivity contribution >= 4 is 100 Å². The van der Waals surface area contributed by atoms with E-state index in [-0.39, 0.29) is 34.2 Å². The maximum atomic E-state index is 11.5. The third kappa shape index (κ3) is 2.67. The molecule has 8 aromatic rings. The van der Waals surface area contributed by atoms with Crippen LogP contribution < -0.4 is 11.5 Å². The van der Waals surface area contributed by atoms with Crippen molar-refractivity contribution in [3.63, 3.8) is 0 Å². The Hall–Kier alpha value is -6.32. The van der Waals surface area contributed by atoms with Crippen molar-refractivity contribution in [2.45, 2.75) is 0 Å². The Balaban J connectivity index is 1.61. The number of rotatable bonds is 2. The van der Waals surface area contributed by atoms with E-state index >= 15 is 0 Å². The summed E-state index contributed by atoms with van der Waals surface area (Å²) in [7, 11) is 0. The van der Waals surface area contributed by atoms with Crippen LogP contribution in [0.2, 0.25) is 0 Å². The number of nitrogens with zero attached hydrogens (tertiary/aromatic N) is 10. The molecule has 0 saturated heterocycles. The molecule has 0 aliphatic carbocycles. The predicted octanol–water partition coefficient (Wildman–Crippen LogP) is 3.34. The van der Waals surface area contributed by atoms with Crippen molar-refractivity contribution in [1.82, 2.24) is 39.9 Å². The van der Waals surface area contributed by atoms with Crippen molar-refractivity contribution in [1.29, 1.82) is 0 Å². The lowest BCUT2D eigenvalue weighted by atomic mass is 9.91. The first-order valence-corrected chi connectivity index (χ1v) is 11.6. The first kappa shape index (κ1) is 21.7. The van der Waals surface area contributed by atoms with E-state index in [4.69, 9.17) is 21.4 Å². The van der Waals surface area contributed by atoms with Crippen LogP contribution in [0, 0.1) is 20.2 Å². The number of nitro groups is 2. The third-order valence-corrected chi connectivity index (χ3v) is 6.80. The average Bonchev–Trinajstić information content (AvgIpc) is 2.95. The second kappa shape index (κ2) is 7.16. The highest BCUT2D eigenvalue weighted by Gasteiger charge is 2.33. The summed E-state index contributed by atoms with van der Waals surface area (Å²) in [4.78, 5) is 55.8. The number of hydrogen-bond donors (Lipinski definition) is 2. The molecule has 0 unspecified atom stereocenters. The summed E-state index contributed by atoms with van der Waals surface area (Å²) in [6.45, 7) is 0. The highest BCUT2D eigenvalue weighted by atomic mass is 16.6. The molecule has 0 fully saturated rings. The second-order valence-electron chi connectivity index (χ2n) is 8.97. The maximum absolute atomic E-state index is 11.5. The minimum atomic E-state index is -1.02. The van der Waals surface area contributed by atoms with Crippen LogP contribution in [0.4, 0.5) is 23.3 Å². The van der Waals surface area contributed by atoms with Gasteiger partial charge in [0.05, 0.1) is 11.0 Å². The van der Waals surface area contributed by atoms with E-state index in [0.717, 1.165) is 21.5 Å². The minimum absolute atomic E-state index is 0.0434. The monoisotopic (exact) mass is 530 g/mol. The van der Waals surface area contributed by atoms with Gasteiger partial charge in [0.25, 0.3) is 0 Å². The summed E-state index contributed by atoms with van der Waals surface area (Å²) in [5.74, 6) is -1.95. The molecule has 0 atom stereocenters. The molecule has 0 spiro atoms. The average molecular weight is 530 g/mol. The zero-order valence-electron chi connectivity index (χ0n) is 19.7. The smallest absolute Gasteiger partial charge is 0.381 e. The highest BCUT2D eigenvalue weighted by Crippen LogP contribution is 2.43. The number of fused-ring (bicyclic) bond motifs is 8. The van der Waals surface area contributed by atoms with Crippen LogP contribution in [0.1, 0.15) is 0 Å². The summed E-state index contributed by atoms with van der Waals surface area (Å²) in [6, 6.07) is 11.1.